The number of hydrogen-bond acceptors (Lipinski definition) is 8. The molecule has 0 aliphatic rings. The van der Waals surface area contributed by atoms with E-state index in [1.807, 2.05) is 0 Å². The predicted molar refractivity (Wildman–Crippen MR) is 99.6 cm³/mol. The lowest BCUT2D eigenvalue weighted by atomic mass is 10.2. The molecule has 0 saturated heterocycles. The van der Waals surface area contributed by atoms with E-state index in [1.54, 1.807) is 11.6 Å². The summed E-state index contributed by atoms with van der Waals surface area (Å²) in [5.74, 6) is -0.822. The summed E-state index contributed by atoms with van der Waals surface area (Å²) in [6, 6.07) is 5.74. The Labute approximate surface area is 161 Å². The third kappa shape index (κ3) is 5.27. The van der Waals surface area contributed by atoms with Gasteiger partial charge in [-0.05, 0) is 19.1 Å². The number of benzene rings is 1. The Morgan fingerprint density at radius 2 is 1.96 bits per heavy atom. The largest absolute Gasteiger partial charge is 0.481 e. The van der Waals surface area contributed by atoms with Gasteiger partial charge in [0.25, 0.3) is 10.0 Å². The lowest BCUT2D eigenvalue weighted by Gasteiger charge is -2.11. The van der Waals surface area contributed by atoms with Gasteiger partial charge in [0.05, 0.1) is 12.7 Å². The first-order valence-electron chi connectivity index (χ1n) is 7.87. The number of carbonyl (C=O) groups is 2. The molecule has 2 rings (SSSR count). The zero-order valence-electron chi connectivity index (χ0n) is 15.1. The Morgan fingerprint density at radius 3 is 2.64 bits per heavy atom. The second-order valence-electron chi connectivity index (χ2n) is 5.32. The van der Waals surface area contributed by atoms with Crippen LogP contribution in [0, 0.1) is 6.92 Å². The number of urea groups is 1. The Hall–Kier alpha value is -3.47. The van der Waals surface area contributed by atoms with Crippen molar-refractivity contribution in [2.45, 2.75) is 11.8 Å². The minimum atomic E-state index is -4.38. The molecule has 28 heavy (non-hydrogen) atoms. The van der Waals surface area contributed by atoms with E-state index in [4.69, 9.17) is 9.47 Å². The van der Waals surface area contributed by atoms with Crippen molar-refractivity contribution in [1.82, 2.24) is 14.7 Å². The maximum Gasteiger partial charge on any atom is 0.339 e. The summed E-state index contributed by atoms with van der Waals surface area (Å²) in [7, 11) is -2.99. The number of methoxy groups -OCH3 is 1. The van der Waals surface area contributed by atoms with Gasteiger partial charge >= 0.3 is 12.0 Å². The Balaban J connectivity index is 2.22. The second-order valence-corrected chi connectivity index (χ2v) is 6.97. The first-order chi connectivity index (χ1) is 13.3. The summed E-state index contributed by atoms with van der Waals surface area (Å²) in [5, 5.41) is 2.21. The Bertz CT molecular complexity index is 1010. The van der Waals surface area contributed by atoms with Crippen molar-refractivity contribution in [3.8, 4) is 5.88 Å². The molecule has 1 aromatic carbocycles. The van der Waals surface area contributed by atoms with E-state index in [9.17, 15) is 18.0 Å². The number of rotatable bonds is 7. The molecule has 0 bridgehead atoms. The minimum absolute atomic E-state index is 0.0896. The van der Waals surface area contributed by atoms with Gasteiger partial charge in [0.2, 0.25) is 11.8 Å². The zero-order valence-corrected chi connectivity index (χ0v) is 15.9. The molecule has 0 fully saturated rings. The highest BCUT2D eigenvalue weighted by Gasteiger charge is 2.25. The van der Waals surface area contributed by atoms with Crippen LogP contribution in [0.3, 0.4) is 0 Å². The van der Waals surface area contributed by atoms with Crippen molar-refractivity contribution in [2.24, 2.45) is 0 Å². The topological polar surface area (TPSA) is 137 Å². The molecule has 148 valence electrons. The van der Waals surface area contributed by atoms with Gasteiger partial charge in [-0.1, -0.05) is 24.8 Å². The van der Waals surface area contributed by atoms with Crippen LogP contribution in [0.1, 0.15) is 16.1 Å². The molecule has 2 N–H and O–H groups in total. The number of aromatic nitrogens is 2. The fraction of sp³-hybridized carbons (Fsp3) is 0.176. The van der Waals surface area contributed by atoms with Crippen LogP contribution in [0.2, 0.25) is 0 Å². The minimum Gasteiger partial charge on any atom is -0.481 e. The van der Waals surface area contributed by atoms with Gasteiger partial charge in [0.15, 0.2) is 0 Å². The van der Waals surface area contributed by atoms with E-state index >= 15 is 0 Å². The number of esters is 1. The molecule has 0 atom stereocenters. The molecule has 2 aromatic rings. The number of amides is 2. The Morgan fingerprint density at radius 1 is 1.25 bits per heavy atom. The first kappa shape index (κ1) is 20.8. The molecular formula is C17H18N4O6S. The van der Waals surface area contributed by atoms with Gasteiger partial charge in [-0.15, -0.1) is 0 Å². The maximum atomic E-state index is 12.6. The molecule has 0 aliphatic carbocycles. The van der Waals surface area contributed by atoms with Crippen molar-refractivity contribution in [3.05, 3.63) is 54.2 Å². The molecule has 0 unspecified atom stereocenters. The average Bonchev–Trinajstić information content (AvgIpc) is 2.65. The van der Waals surface area contributed by atoms with E-state index in [1.165, 1.54) is 43.5 Å². The van der Waals surface area contributed by atoms with Crippen molar-refractivity contribution < 1.29 is 27.5 Å². The van der Waals surface area contributed by atoms with Crippen LogP contribution in [0.5, 0.6) is 5.88 Å². The number of nitrogens with zero attached hydrogens (tertiary/aromatic N) is 2. The van der Waals surface area contributed by atoms with Crippen LogP contribution in [0.4, 0.5) is 10.7 Å². The fourth-order valence-corrected chi connectivity index (χ4v) is 3.19. The lowest BCUT2D eigenvalue weighted by Crippen LogP contribution is -2.35. The maximum absolute atomic E-state index is 12.6. The number of anilines is 1. The van der Waals surface area contributed by atoms with E-state index < -0.39 is 26.9 Å². The predicted octanol–water partition coefficient (Wildman–Crippen LogP) is 1.65. The first-order valence-corrected chi connectivity index (χ1v) is 9.35. The molecule has 0 aliphatic heterocycles. The number of aryl methyl sites for hydroxylation is 1. The summed E-state index contributed by atoms with van der Waals surface area (Å²) >= 11 is 0. The number of nitrogens with one attached hydrogen (secondary N) is 2. The van der Waals surface area contributed by atoms with Crippen molar-refractivity contribution in [2.75, 3.05) is 19.0 Å². The van der Waals surface area contributed by atoms with Crippen LogP contribution in [0.15, 0.2) is 47.9 Å². The number of carbonyl (C=O) groups excluding carboxylic acids is 2. The summed E-state index contributed by atoms with van der Waals surface area (Å²) in [6.45, 7) is 4.97. The van der Waals surface area contributed by atoms with E-state index in [-0.39, 0.29) is 24.0 Å². The highest BCUT2D eigenvalue weighted by Crippen LogP contribution is 2.17. The van der Waals surface area contributed by atoms with E-state index in [2.05, 4.69) is 21.9 Å². The quantitative estimate of drug-likeness (QED) is 0.523. The third-order valence-corrected chi connectivity index (χ3v) is 4.61. The molecule has 1 heterocycles. The van der Waals surface area contributed by atoms with E-state index in [0.717, 1.165) is 0 Å². The summed E-state index contributed by atoms with van der Waals surface area (Å²) < 4.78 is 36.7. The van der Waals surface area contributed by atoms with Crippen molar-refractivity contribution in [3.63, 3.8) is 0 Å². The number of ether oxygens (including phenoxy) is 2. The third-order valence-electron chi connectivity index (χ3n) is 3.22. The van der Waals surface area contributed by atoms with Crippen LogP contribution in [-0.4, -0.2) is 44.1 Å². The highest BCUT2D eigenvalue weighted by atomic mass is 32.2. The molecule has 2 amide bonds. The Kier molecular flexibility index (Phi) is 6.66. The fourth-order valence-electron chi connectivity index (χ4n) is 2.09. The number of sulfonamides is 1. The molecule has 1 aromatic heterocycles. The molecular weight excluding hydrogens is 388 g/mol. The number of hydrogen-bond donors (Lipinski definition) is 2. The molecule has 10 nitrogen and oxygen atoms in total. The van der Waals surface area contributed by atoms with Gasteiger partial charge < -0.3 is 9.47 Å². The van der Waals surface area contributed by atoms with Gasteiger partial charge in [0.1, 0.15) is 11.5 Å². The monoisotopic (exact) mass is 406 g/mol. The van der Waals surface area contributed by atoms with Crippen LogP contribution >= 0.6 is 0 Å². The highest BCUT2D eigenvalue weighted by molar-refractivity contribution is 7.90. The van der Waals surface area contributed by atoms with Crippen LogP contribution < -0.4 is 14.8 Å². The average molecular weight is 406 g/mol. The normalized spacial score (nSPS) is 10.6. The van der Waals surface area contributed by atoms with Gasteiger partial charge in [-0.25, -0.2) is 27.7 Å². The van der Waals surface area contributed by atoms with Gasteiger partial charge in [-0.2, -0.15) is 4.98 Å². The molecule has 0 spiro atoms. The van der Waals surface area contributed by atoms with Crippen molar-refractivity contribution >= 4 is 28.0 Å². The van der Waals surface area contributed by atoms with Gasteiger partial charge in [0, 0.05) is 11.8 Å². The summed E-state index contributed by atoms with van der Waals surface area (Å²) in [6.07, 6.45) is 1.34. The molecule has 0 radical (unpaired) electrons. The lowest BCUT2D eigenvalue weighted by molar-refractivity contribution is 0.0545. The van der Waals surface area contributed by atoms with Gasteiger partial charge in [-0.3, -0.25) is 5.32 Å². The van der Waals surface area contributed by atoms with Crippen molar-refractivity contribution in [1.29, 1.82) is 0 Å². The zero-order chi connectivity index (χ0) is 20.7. The molecule has 11 heteroatoms. The summed E-state index contributed by atoms with van der Waals surface area (Å²) in [4.78, 5) is 31.6. The standard InChI is InChI=1S/C17H18N4O6S/c1-4-9-27-15(22)12-7-5-6-8-13(12)28(24,25)21-17(23)20-16-18-11(2)10-14(19-16)26-3/h4-8,10H,1,9H2,2-3H3,(H2,18,19,20,21,23). The van der Waals surface area contributed by atoms with E-state index in [0.29, 0.717) is 5.69 Å². The summed E-state index contributed by atoms with van der Waals surface area (Å²) in [5.41, 5.74) is 0.276. The second kappa shape index (κ2) is 8.95. The van der Waals surface area contributed by atoms with Crippen LogP contribution in [-0.2, 0) is 14.8 Å². The SMILES string of the molecule is C=CCOC(=O)c1ccccc1S(=O)(=O)NC(=O)Nc1nc(C)cc(OC)n1. The van der Waals surface area contributed by atoms with Crippen LogP contribution in [0.25, 0.3) is 0 Å². The molecule has 0 saturated carbocycles. The smallest absolute Gasteiger partial charge is 0.339 e.